The highest BCUT2D eigenvalue weighted by atomic mass is 127. The monoisotopic (exact) mass is 477 g/mol. The molecule has 1 aliphatic rings. The molecule has 0 unspecified atom stereocenters. The Morgan fingerprint density at radius 3 is 2.41 bits per heavy atom. The normalized spacial score (nSPS) is 14.6. The third kappa shape index (κ3) is 4.65. The molecule has 3 rings (SSSR count). The number of amides is 3. The van der Waals surface area contributed by atoms with E-state index >= 15 is 0 Å². The Morgan fingerprint density at radius 1 is 1.04 bits per heavy atom. The van der Waals surface area contributed by atoms with E-state index in [-0.39, 0.29) is 23.6 Å². The number of anilines is 1. The molecule has 140 valence electrons. The first-order valence-electron chi connectivity index (χ1n) is 8.70. The van der Waals surface area contributed by atoms with E-state index in [2.05, 4.69) is 27.9 Å². The van der Waals surface area contributed by atoms with Gasteiger partial charge in [0.15, 0.2) is 0 Å². The van der Waals surface area contributed by atoms with Crippen LogP contribution in [0.4, 0.5) is 5.69 Å². The van der Waals surface area contributed by atoms with Crippen LogP contribution in [0, 0.1) is 9.49 Å². The SMILES string of the molecule is NC(=O)C1CCN(C(=O)c2ccccc2NC(=O)c2cccc(I)c2)CC1. The summed E-state index contributed by atoms with van der Waals surface area (Å²) >= 11 is 2.15. The Hall–Kier alpha value is -2.42. The van der Waals surface area contributed by atoms with Crippen LogP contribution in [0.1, 0.15) is 33.6 Å². The van der Waals surface area contributed by atoms with Crippen molar-refractivity contribution in [2.24, 2.45) is 11.7 Å². The molecule has 0 aliphatic carbocycles. The molecule has 7 heteroatoms. The second-order valence-corrected chi connectivity index (χ2v) is 7.72. The summed E-state index contributed by atoms with van der Waals surface area (Å²) in [7, 11) is 0. The van der Waals surface area contributed by atoms with Crippen LogP contribution in [0.15, 0.2) is 48.5 Å². The van der Waals surface area contributed by atoms with Gasteiger partial charge >= 0.3 is 0 Å². The molecule has 3 N–H and O–H groups in total. The molecule has 2 aromatic rings. The van der Waals surface area contributed by atoms with Crippen LogP contribution in [-0.4, -0.2) is 35.7 Å². The van der Waals surface area contributed by atoms with Gasteiger partial charge in [0, 0.05) is 28.1 Å². The lowest BCUT2D eigenvalue weighted by molar-refractivity contribution is -0.123. The molecule has 0 spiro atoms. The van der Waals surface area contributed by atoms with Crippen molar-refractivity contribution in [2.45, 2.75) is 12.8 Å². The number of rotatable bonds is 4. The van der Waals surface area contributed by atoms with Crippen molar-refractivity contribution in [3.05, 3.63) is 63.2 Å². The Balaban J connectivity index is 1.75. The number of hydrogen-bond donors (Lipinski definition) is 2. The maximum Gasteiger partial charge on any atom is 0.255 e. The number of primary amides is 1. The van der Waals surface area contributed by atoms with E-state index in [4.69, 9.17) is 5.73 Å². The Morgan fingerprint density at radius 2 is 1.74 bits per heavy atom. The van der Waals surface area contributed by atoms with E-state index in [1.807, 2.05) is 12.1 Å². The standard InChI is InChI=1S/C20H20IN3O3/c21-15-5-3-4-14(12-15)19(26)23-17-7-2-1-6-16(17)20(27)24-10-8-13(9-11-24)18(22)25/h1-7,12-13H,8-11H2,(H2,22,25)(H,23,26). The minimum atomic E-state index is -0.313. The van der Waals surface area contributed by atoms with Crippen LogP contribution < -0.4 is 11.1 Å². The summed E-state index contributed by atoms with van der Waals surface area (Å²) in [5.74, 6) is -0.908. The van der Waals surface area contributed by atoms with E-state index in [0.29, 0.717) is 42.7 Å². The zero-order chi connectivity index (χ0) is 19.4. The third-order valence-corrected chi connectivity index (χ3v) is 5.35. The summed E-state index contributed by atoms with van der Waals surface area (Å²) in [5.41, 5.74) is 6.80. The van der Waals surface area contributed by atoms with Gasteiger partial charge in [0.1, 0.15) is 0 Å². The number of nitrogens with zero attached hydrogens (tertiary/aromatic N) is 1. The second kappa shape index (κ2) is 8.51. The second-order valence-electron chi connectivity index (χ2n) is 6.48. The van der Waals surface area contributed by atoms with Gasteiger partial charge in [-0.2, -0.15) is 0 Å². The average molecular weight is 477 g/mol. The number of benzene rings is 2. The Labute approximate surface area is 171 Å². The van der Waals surface area contributed by atoms with Gasteiger partial charge in [0.25, 0.3) is 11.8 Å². The largest absolute Gasteiger partial charge is 0.369 e. The van der Waals surface area contributed by atoms with Crippen molar-refractivity contribution >= 4 is 46.0 Å². The molecular formula is C20H20IN3O3. The minimum Gasteiger partial charge on any atom is -0.369 e. The van der Waals surface area contributed by atoms with Gasteiger partial charge in [0.05, 0.1) is 11.3 Å². The zero-order valence-electron chi connectivity index (χ0n) is 14.7. The lowest BCUT2D eigenvalue weighted by Crippen LogP contribution is -2.42. The highest BCUT2D eigenvalue weighted by molar-refractivity contribution is 14.1. The predicted molar refractivity (Wildman–Crippen MR) is 111 cm³/mol. The summed E-state index contributed by atoms with van der Waals surface area (Å²) in [5, 5.41) is 2.84. The predicted octanol–water partition coefficient (Wildman–Crippen LogP) is 2.88. The molecule has 0 radical (unpaired) electrons. The van der Waals surface area contributed by atoms with Crippen LogP contribution in [0.3, 0.4) is 0 Å². The van der Waals surface area contributed by atoms with Crippen molar-refractivity contribution in [2.75, 3.05) is 18.4 Å². The van der Waals surface area contributed by atoms with Crippen LogP contribution in [0.2, 0.25) is 0 Å². The molecule has 0 aromatic heterocycles. The van der Waals surface area contributed by atoms with Gasteiger partial charge in [-0.15, -0.1) is 0 Å². The number of para-hydroxylation sites is 1. The summed E-state index contributed by atoms with van der Waals surface area (Å²) in [6.45, 7) is 0.956. The molecule has 0 atom stereocenters. The molecule has 6 nitrogen and oxygen atoms in total. The van der Waals surface area contributed by atoms with Crippen LogP contribution in [-0.2, 0) is 4.79 Å². The highest BCUT2D eigenvalue weighted by Gasteiger charge is 2.27. The molecule has 3 amide bonds. The lowest BCUT2D eigenvalue weighted by atomic mass is 9.95. The lowest BCUT2D eigenvalue weighted by Gasteiger charge is -2.31. The fourth-order valence-corrected chi connectivity index (χ4v) is 3.68. The van der Waals surface area contributed by atoms with Gasteiger partial charge in [-0.3, -0.25) is 14.4 Å². The number of piperidine rings is 1. The maximum absolute atomic E-state index is 12.9. The van der Waals surface area contributed by atoms with Gasteiger partial charge < -0.3 is 16.0 Å². The highest BCUT2D eigenvalue weighted by Crippen LogP contribution is 2.23. The zero-order valence-corrected chi connectivity index (χ0v) is 16.8. The molecular weight excluding hydrogens is 457 g/mol. The molecule has 0 bridgehead atoms. The quantitative estimate of drug-likeness (QED) is 0.664. The number of carbonyl (C=O) groups excluding carboxylic acids is 3. The van der Waals surface area contributed by atoms with E-state index in [1.54, 1.807) is 41.3 Å². The first kappa shape index (κ1) is 19.3. The average Bonchev–Trinajstić information content (AvgIpc) is 2.68. The Bertz CT molecular complexity index is 876. The first-order valence-corrected chi connectivity index (χ1v) is 9.78. The summed E-state index contributed by atoms with van der Waals surface area (Å²) in [6, 6.07) is 14.2. The number of carbonyl (C=O) groups is 3. The van der Waals surface area contributed by atoms with Crippen molar-refractivity contribution in [1.82, 2.24) is 4.90 Å². The summed E-state index contributed by atoms with van der Waals surface area (Å²) < 4.78 is 0.960. The molecule has 1 fully saturated rings. The van der Waals surface area contributed by atoms with Gasteiger partial charge in [-0.25, -0.2) is 0 Å². The number of likely N-dealkylation sites (tertiary alicyclic amines) is 1. The molecule has 27 heavy (non-hydrogen) atoms. The van der Waals surface area contributed by atoms with Crippen molar-refractivity contribution < 1.29 is 14.4 Å². The van der Waals surface area contributed by atoms with E-state index in [9.17, 15) is 14.4 Å². The van der Waals surface area contributed by atoms with Crippen LogP contribution in [0.5, 0.6) is 0 Å². The summed E-state index contributed by atoms with van der Waals surface area (Å²) in [6.07, 6.45) is 1.14. The van der Waals surface area contributed by atoms with Gasteiger partial charge in [-0.05, 0) is 65.8 Å². The van der Waals surface area contributed by atoms with Crippen molar-refractivity contribution in [3.8, 4) is 0 Å². The van der Waals surface area contributed by atoms with E-state index in [1.165, 1.54) is 0 Å². The number of nitrogens with two attached hydrogens (primary N) is 1. The third-order valence-electron chi connectivity index (χ3n) is 4.68. The van der Waals surface area contributed by atoms with E-state index < -0.39 is 0 Å². The topological polar surface area (TPSA) is 92.5 Å². The summed E-state index contributed by atoms with van der Waals surface area (Å²) in [4.78, 5) is 38.5. The minimum absolute atomic E-state index is 0.156. The first-order chi connectivity index (χ1) is 13.0. The molecule has 1 heterocycles. The fourth-order valence-electron chi connectivity index (χ4n) is 3.14. The Kier molecular flexibility index (Phi) is 6.10. The number of hydrogen-bond acceptors (Lipinski definition) is 3. The number of nitrogens with one attached hydrogen (secondary N) is 1. The smallest absolute Gasteiger partial charge is 0.255 e. The molecule has 0 saturated carbocycles. The van der Waals surface area contributed by atoms with Crippen molar-refractivity contribution in [3.63, 3.8) is 0 Å². The fraction of sp³-hybridized carbons (Fsp3) is 0.250. The van der Waals surface area contributed by atoms with Gasteiger partial charge in [0.2, 0.25) is 5.91 Å². The van der Waals surface area contributed by atoms with Gasteiger partial charge in [-0.1, -0.05) is 18.2 Å². The maximum atomic E-state index is 12.9. The van der Waals surface area contributed by atoms with E-state index in [0.717, 1.165) is 3.57 Å². The van der Waals surface area contributed by atoms with Crippen LogP contribution >= 0.6 is 22.6 Å². The van der Waals surface area contributed by atoms with Crippen molar-refractivity contribution in [1.29, 1.82) is 0 Å². The molecule has 2 aromatic carbocycles. The molecule has 1 aliphatic heterocycles. The molecule has 1 saturated heterocycles. The van der Waals surface area contributed by atoms with Crippen LogP contribution in [0.25, 0.3) is 0 Å². The number of halogens is 1.